The molecule has 0 bridgehead atoms. The van der Waals surface area contributed by atoms with Crippen LogP contribution in [0.5, 0.6) is 5.75 Å². The molecule has 0 unspecified atom stereocenters. The largest absolute Gasteiger partial charge is 0.496 e. The maximum Gasteiger partial charge on any atom is 0.224 e. The number of methoxy groups -OCH3 is 1. The van der Waals surface area contributed by atoms with E-state index < -0.39 is 0 Å². The monoisotopic (exact) mass is 344 g/mol. The van der Waals surface area contributed by atoms with Crippen molar-refractivity contribution in [3.05, 3.63) is 46.2 Å². The van der Waals surface area contributed by atoms with Crippen molar-refractivity contribution >= 4 is 22.2 Å². The zero-order valence-corrected chi connectivity index (χ0v) is 14.8. The molecule has 0 atom stereocenters. The maximum absolute atomic E-state index is 12.3. The summed E-state index contributed by atoms with van der Waals surface area (Å²) in [6.45, 7) is 4.42. The van der Waals surface area contributed by atoms with Crippen LogP contribution in [0.3, 0.4) is 0 Å². The molecule has 0 aliphatic carbocycles. The number of para-hydroxylation sites is 1. The van der Waals surface area contributed by atoms with Crippen molar-refractivity contribution in [2.45, 2.75) is 33.2 Å². The number of hydrogen-bond donors (Lipinski definition) is 1. The predicted molar refractivity (Wildman–Crippen MR) is 93.5 cm³/mol. The molecular formula is C17H20N4O2S. The molecule has 6 nitrogen and oxygen atoms in total. The quantitative estimate of drug-likeness (QED) is 0.746. The first-order chi connectivity index (χ1) is 11.6. The number of fused-ring (bicyclic) bond motifs is 1. The molecule has 1 aromatic carbocycles. The van der Waals surface area contributed by atoms with E-state index in [4.69, 9.17) is 4.74 Å². The van der Waals surface area contributed by atoms with Crippen molar-refractivity contribution in [1.82, 2.24) is 19.9 Å². The Balaban J connectivity index is 1.70. The van der Waals surface area contributed by atoms with Crippen LogP contribution in [0.2, 0.25) is 0 Å². The van der Waals surface area contributed by atoms with Gasteiger partial charge in [0.2, 0.25) is 10.9 Å². The van der Waals surface area contributed by atoms with E-state index in [2.05, 4.69) is 22.3 Å². The summed E-state index contributed by atoms with van der Waals surface area (Å²) in [4.78, 5) is 17.7. The lowest BCUT2D eigenvalue weighted by Crippen LogP contribution is -2.25. The first-order valence-corrected chi connectivity index (χ1v) is 8.66. The number of aryl methyl sites for hydroxylation is 2. The summed E-state index contributed by atoms with van der Waals surface area (Å²) in [5.74, 6) is 0.669. The van der Waals surface area contributed by atoms with E-state index in [9.17, 15) is 4.79 Å². The van der Waals surface area contributed by atoms with E-state index in [-0.39, 0.29) is 12.3 Å². The van der Waals surface area contributed by atoms with Crippen molar-refractivity contribution in [3.8, 4) is 5.75 Å². The van der Waals surface area contributed by atoms with Gasteiger partial charge in [-0.25, -0.2) is 9.50 Å². The summed E-state index contributed by atoms with van der Waals surface area (Å²) >= 11 is 1.59. The van der Waals surface area contributed by atoms with Crippen molar-refractivity contribution in [2.75, 3.05) is 7.11 Å². The Kier molecular flexibility index (Phi) is 4.80. The number of amides is 1. The molecule has 2 aromatic heterocycles. The lowest BCUT2D eigenvalue weighted by molar-refractivity contribution is -0.120. The standard InChI is InChI=1S/C17H20N4O2S/c1-4-16-20-21-13(11(2)19-17(21)24-16)10-18-15(22)9-12-7-5-6-8-14(12)23-3/h5-8H,4,9-10H2,1-3H3,(H,18,22). The third kappa shape index (κ3) is 3.26. The van der Waals surface area contributed by atoms with Gasteiger partial charge in [-0.1, -0.05) is 36.5 Å². The van der Waals surface area contributed by atoms with E-state index in [0.717, 1.165) is 39.1 Å². The molecule has 126 valence electrons. The Hall–Kier alpha value is -2.41. The van der Waals surface area contributed by atoms with Crippen LogP contribution in [-0.2, 0) is 24.2 Å². The van der Waals surface area contributed by atoms with Crippen LogP contribution in [0.25, 0.3) is 4.96 Å². The number of imidazole rings is 1. The molecule has 2 heterocycles. The van der Waals surface area contributed by atoms with Gasteiger partial charge in [0.15, 0.2) is 0 Å². The minimum absolute atomic E-state index is 0.0557. The second-order valence-corrected chi connectivity index (χ2v) is 6.49. The second-order valence-electron chi connectivity index (χ2n) is 5.45. The van der Waals surface area contributed by atoms with Crippen LogP contribution in [0.15, 0.2) is 24.3 Å². The summed E-state index contributed by atoms with van der Waals surface area (Å²) in [6, 6.07) is 7.54. The zero-order chi connectivity index (χ0) is 17.1. The van der Waals surface area contributed by atoms with Crippen LogP contribution in [-0.4, -0.2) is 27.6 Å². The average Bonchev–Trinajstić information content (AvgIpc) is 3.10. The van der Waals surface area contributed by atoms with E-state index in [0.29, 0.717) is 6.54 Å². The Morgan fingerprint density at radius 1 is 1.38 bits per heavy atom. The van der Waals surface area contributed by atoms with Gasteiger partial charge in [0.05, 0.1) is 31.5 Å². The van der Waals surface area contributed by atoms with Crippen LogP contribution in [0.4, 0.5) is 0 Å². The van der Waals surface area contributed by atoms with E-state index in [1.54, 1.807) is 18.4 Å². The molecule has 0 aliphatic rings. The van der Waals surface area contributed by atoms with Gasteiger partial charge in [-0.3, -0.25) is 4.79 Å². The molecule has 0 saturated heterocycles. The first-order valence-electron chi connectivity index (χ1n) is 7.85. The van der Waals surface area contributed by atoms with Crippen molar-refractivity contribution in [2.24, 2.45) is 0 Å². The normalized spacial score (nSPS) is 11.0. The Morgan fingerprint density at radius 2 is 2.17 bits per heavy atom. The van der Waals surface area contributed by atoms with Crippen LogP contribution < -0.4 is 10.1 Å². The molecular weight excluding hydrogens is 324 g/mol. The van der Waals surface area contributed by atoms with Gasteiger partial charge in [-0.2, -0.15) is 5.10 Å². The van der Waals surface area contributed by atoms with Crippen LogP contribution >= 0.6 is 11.3 Å². The van der Waals surface area contributed by atoms with E-state index >= 15 is 0 Å². The Morgan fingerprint density at radius 3 is 2.92 bits per heavy atom. The fraction of sp³-hybridized carbons (Fsp3) is 0.353. The Labute approximate surface area is 144 Å². The van der Waals surface area contributed by atoms with Crippen molar-refractivity contribution in [1.29, 1.82) is 0 Å². The van der Waals surface area contributed by atoms with Gasteiger partial charge in [0, 0.05) is 5.56 Å². The summed E-state index contributed by atoms with van der Waals surface area (Å²) in [6.07, 6.45) is 1.16. The average molecular weight is 344 g/mol. The highest BCUT2D eigenvalue weighted by Gasteiger charge is 2.15. The molecule has 7 heteroatoms. The van der Waals surface area contributed by atoms with Crippen molar-refractivity contribution < 1.29 is 9.53 Å². The number of carbonyl (C=O) groups excluding carboxylic acids is 1. The summed E-state index contributed by atoms with van der Waals surface area (Å²) < 4.78 is 7.12. The molecule has 0 radical (unpaired) electrons. The molecule has 3 aromatic rings. The maximum atomic E-state index is 12.3. The van der Waals surface area contributed by atoms with Gasteiger partial charge in [0.1, 0.15) is 10.8 Å². The van der Waals surface area contributed by atoms with Gasteiger partial charge >= 0.3 is 0 Å². The summed E-state index contributed by atoms with van der Waals surface area (Å²) in [5.41, 5.74) is 2.69. The number of nitrogens with zero attached hydrogens (tertiary/aromatic N) is 3. The lowest BCUT2D eigenvalue weighted by atomic mass is 10.1. The number of hydrogen-bond acceptors (Lipinski definition) is 5. The highest BCUT2D eigenvalue weighted by Crippen LogP contribution is 2.20. The van der Waals surface area contributed by atoms with Gasteiger partial charge in [-0.05, 0) is 19.4 Å². The fourth-order valence-electron chi connectivity index (χ4n) is 2.54. The minimum atomic E-state index is -0.0557. The third-order valence-corrected chi connectivity index (χ3v) is 4.89. The molecule has 0 spiro atoms. The highest BCUT2D eigenvalue weighted by atomic mass is 32.1. The van der Waals surface area contributed by atoms with Gasteiger partial charge in [-0.15, -0.1) is 0 Å². The first kappa shape index (κ1) is 16.4. The van der Waals surface area contributed by atoms with E-state index in [1.165, 1.54) is 0 Å². The SMILES string of the molecule is CCc1nn2c(CNC(=O)Cc3ccccc3OC)c(C)nc2s1. The zero-order valence-electron chi connectivity index (χ0n) is 14.0. The van der Waals surface area contributed by atoms with Gasteiger partial charge in [0.25, 0.3) is 0 Å². The molecule has 0 saturated carbocycles. The number of carbonyl (C=O) groups is 1. The molecule has 1 N–H and O–H groups in total. The number of benzene rings is 1. The minimum Gasteiger partial charge on any atom is -0.496 e. The molecule has 0 fully saturated rings. The molecule has 1 amide bonds. The van der Waals surface area contributed by atoms with E-state index in [1.807, 2.05) is 35.7 Å². The number of rotatable bonds is 6. The predicted octanol–water partition coefficient (Wildman–Crippen LogP) is 2.53. The Bertz CT molecular complexity index is 869. The van der Waals surface area contributed by atoms with Crippen LogP contribution in [0, 0.1) is 6.92 Å². The van der Waals surface area contributed by atoms with Crippen LogP contribution in [0.1, 0.15) is 28.9 Å². The molecule has 0 aliphatic heterocycles. The number of nitrogens with one attached hydrogen (secondary N) is 1. The molecule has 3 rings (SSSR count). The number of aromatic nitrogens is 3. The second kappa shape index (κ2) is 7.00. The third-order valence-electron chi connectivity index (χ3n) is 3.84. The topological polar surface area (TPSA) is 68.5 Å². The summed E-state index contributed by atoms with van der Waals surface area (Å²) in [5, 5.41) is 8.54. The molecule has 24 heavy (non-hydrogen) atoms. The van der Waals surface area contributed by atoms with Gasteiger partial charge < -0.3 is 10.1 Å². The highest BCUT2D eigenvalue weighted by molar-refractivity contribution is 7.16. The number of ether oxygens (including phenoxy) is 1. The fourth-order valence-corrected chi connectivity index (χ4v) is 3.44. The lowest BCUT2D eigenvalue weighted by Gasteiger charge is -2.09. The van der Waals surface area contributed by atoms with Crippen molar-refractivity contribution in [3.63, 3.8) is 0 Å². The summed E-state index contributed by atoms with van der Waals surface area (Å²) in [7, 11) is 1.61. The smallest absolute Gasteiger partial charge is 0.224 e.